The second kappa shape index (κ2) is 8.12. The molecule has 26 heavy (non-hydrogen) atoms. The molecule has 3 nitrogen and oxygen atoms in total. The van der Waals surface area contributed by atoms with Crippen molar-refractivity contribution in [1.29, 1.82) is 0 Å². The summed E-state index contributed by atoms with van der Waals surface area (Å²) in [4.78, 5) is 14.5. The smallest absolute Gasteiger partial charge is 0.228 e. The van der Waals surface area contributed by atoms with Gasteiger partial charge in [-0.05, 0) is 55.1 Å². The lowest BCUT2D eigenvalue weighted by molar-refractivity contribution is -0.149. The summed E-state index contributed by atoms with van der Waals surface area (Å²) in [5, 5.41) is 9.47. The summed E-state index contributed by atoms with van der Waals surface area (Å²) in [7, 11) is 0. The van der Waals surface area contributed by atoms with Crippen LogP contribution in [0.1, 0.15) is 69.9 Å². The van der Waals surface area contributed by atoms with E-state index in [0.717, 1.165) is 31.8 Å². The predicted octanol–water partition coefficient (Wildman–Crippen LogP) is 4.39. The normalized spacial score (nSPS) is 22.7. The molecule has 2 fully saturated rings. The van der Waals surface area contributed by atoms with Crippen molar-refractivity contribution in [2.75, 3.05) is 19.7 Å². The van der Waals surface area contributed by atoms with Crippen LogP contribution in [0, 0.1) is 17.3 Å². The maximum atomic E-state index is 12.5. The van der Waals surface area contributed by atoms with Crippen LogP contribution in [0.4, 0.5) is 0 Å². The molecule has 1 amide bonds. The van der Waals surface area contributed by atoms with E-state index >= 15 is 0 Å². The molecule has 0 radical (unpaired) electrons. The van der Waals surface area contributed by atoms with Crippen molar-refractivity contribution in [2.45, 2.75) is 65.2 Å². The summed E-state index contributed by atoms with van der Waals surface area (Å²) in [6.45, 7) is 8.36. The lowest BCUT2D eigenvalue weighted by atomic mass is 9.76. The van der Waals surface area contributed by atoms with Gasteiger partial charge in [0.25, 0.3) is 0 Å². The Hall–Kier alpha value is -1.35. The first-order chi connectivity index (χ1) is 12.5. The minimum absolute atomic E-state index is 0.00876. The number of hydrogen-bond acceptors (Lipinski definition) is 2. The predicted molar refractivity (Wildman–Crippen MR) is 106 cm³/mol. The molecule has 1 aromatic rings. The SMILES string of the molecule is CCC[C@H](CO)C(=O)N1CC2(CCC(Cc3ccc(C(C)C)cc3)C2)C1. The first-order valence-electron chi connectivity index (χ1n) is 10.4. The Bertz CT molecular complexity index is 601. The Labute approximate surface area is 158 Å². The highest BCUT2D eigenvalue weighted by Crippen LogP contribution is 2.49. The van der Waals surface area contributed by atoms with Gasteiger partial charge in [-0.3, -0.25) is 4.79 Å². The molecule has 0 aromatic heterocycles. The van der Waals surface area contributed by atoms with Crippen molar-refractivity contribution >= 4 is 5.91 Å². The van der Waals surface area contributed by atoms with Gasteiger partial charge in [0.1, 0.15) is 0 Å². The lowest BCUT2D eigenvalue weighted by Gasteiger charge is -2.49. The third kappa shape index (κ3) is 4.14. The first-order valence-corrected chi connectivity index (χ1v) is 10.4. The fourth-order valence-corrected chi connectivity index (χ4v) is 4.98. The molecular formula is C23H35NO2. The number of benzene rings is 1. The van der Waals surface area contributed by atoms with Crippen LogP contribution in [-0.2, 0) is 11.2 Å². The van der Waals surface area contributed by atoms with Gasteiger partial charge in [-0.15, -0.1) is 0 Å². The van der Waals surface area contributed by atoms with Gasteiger partial charge in [-0.1, -0.05) is 51.5 Å². The summed E-state index contributed by atoms with van der Waals surface area (Å²) in [6.07, 6.45) is 6.71. The van der Waals surface area contributed by atoms with Gasteiger partial charge in [0.05, 0.1) is 12.5 Å². The van der Waals surface area contributed by atoms with Crippen molar-refractivity contribution in [3.05, 3.63) is 35.4 Å². The van der Waals surface area contributed by atoms with E-state index in [-0.39, 0.29) is 18.4 Å². The van der Waals surface area contributed by atoms with Crippen molar-refractivity contribution in [2.24, 2.45) is 17.3 Å². The molecule has 1 spiro atoms. The van der Waals surface area contributed by atoms with E-state index in [9.17, 15) is 9.90 Å². The average Bonchev–Trinajstić information content (AvgIpc) is 3.02. The molecule has 1 aliphatic carbocycles. The molecule has 1 aromatic carbocycles. The number of nitrogens with zero attached hydrogens (tertiary/aromatic N) is 1. The highest BCUT2D eigenvalue weighted by molar-refractivity contribution is 5.80. The van der Waals surface area contributed by atoms with Gasteiger partial charge in [-0.25, -0.2) is 0 Å². The molecule has 0 bridgehead atoms. The average molecular weight is 358 g/mol. The standard InChI is InChI=1S/C23H35NO2/c1-4-5-21(14-25)22(26)24-15-23(16-24)11-10-19(13-23)12-18-6-8-20(9-7-18)17(2)3/h6-9,17,19,21,25H,4-5,10-16H2,1-3H3/t19?,21-/m1/s1. The fraction of sp³-hybridized carbons (Fsp3) is 0.696. The molecule has 1 aliphatic heterocycles. The number of carbonyl (C=O) groups is 1. The Morgan fingerprint density at radius 3 is 2.54 bits per heavy atom. The molecule has 144 valence electrons. The highest BCUT2D eigenvalue weighted by Gasteiger charge is 2.50. The van der Waals surface area contributed by atoms with Gasteiger partial charge >= 0.3 is 0 Å². The summed E-state index contributed by atoms with van der Waals surface area (Å²) in [5.74, 6) is 1.33. The van der Waals surface area contributed by atoms with E-state index in [2.05, 4.69) is 45.0 Å². The van der Waals surface area contributed by atoms with Crippen LogP contribution in [-0.4, -0.2) is 35.6 Å². The number of carbonyl (C=O) groups excluding carboxylic acids is 1. The summed E-state index contributed by atoms with van der Waals surface area (Å²) >= 11 is 0. The van der Waals surface area contributed by atoms with Crippen LogP contribution >= 0.6 is 0 Å². The molecule has 2 atom stereocenters. The van der Waals surface area contributed by atoms with E-state index in [1.807, 2.05) is 4.90 Å². The van der Waals surface area contributed by atoms with Crippen LogP contribution in [0.5, 0.6) is 0 Å². The second-order valence-corrected chi connectivity index (χ2v) is 9.07. The van der Waals surface area contributed by atoms with Gasteiger partial charge in [-0.2, -0.15) is 0 Å². The van der Waals surface area contributed by atoms with Crippen LogP contribution < -0.4 is 0 Å². The molecule has 1 saturated carbocycles. The van der Waals surface area contributed by atoms with Crippen molar-refractivity contribution in [3.8, 4) is 0 Å². The van der Waals surface area contributed by atoms with Gasteiger partial charge in [0, 0.05) is 18.5 Å². The van der Waals surface area contributed by atoms with E-state index in [4.69, 9.17) is 0 Å². The van der Waals surface area contributed by atoms with Crippen molar-refractivity contribution in [3.63, 3.8) is 0 Å². The molecule has 1 unspecified atom stereocenters. The zero-order valence-electron chi connectivity index (χ0n) is 16.7. The Balaban J connectivity index is 1.49. The largest absolute Gasteiger partial charge is 0.396 e. The molecule has 3 heteroatoms. The number of aliphatic hydroxyl groups is 1. The topological polar surface area (TPSA) is 40.5 Å². The number of rotatable bonds is 7. The number of hydrogen-bond donors (Lipinski definition) is 1. The molecule has 3 rings (SSSR count). The Kier molecular flexibility index (Phi) is 6.06. The summed E-state index contributed by atoms with van der Waals surface area (Å²) in [5.41, 5.74) is 3.23. The zero-order chi connectivity index (χ0) is 18.7. The maximum Gasteiger partial charge on any atom is 0.228 e. The fourth-order valence-electron chi connectivity index (χ4n) is 4.98. The quantitative estimate of drug-likeness (QED) is 0.786. The molecular weight excluding hydrogens is 322 g/mol. The van der Waals surface area contributed by atoms with E-state index in [0.29, 0.717) is 11.3 Å². The van der Waals surface area contributed by atoms with Gasteiger partial charge in [0.2, 0.25) is 5.91 Å². The monoisotopic (exact) mass is 357 g/mol. The molecule has 1 heterocycles. The summed E-state index contributed by atoms with van der Waals surface area (Å²) in [6, 6.07) is 9.15. The molecule has 1 N–H and O–H groups in total. The van der Waals surface area contributed by atoms with Crippen LogP contribution in [0.2, 0.25) is 0 Å². The van der Waals surface area contributed by atoms with Crippen molar-refractivity contribution in [1.82, 2.24) is 4.90 Å². The van der Waals surface area contributed by atoms with Gasteiger partial charge < -0.3 is 10.0 Å². The van der Waals surface area contributed by atoms with E-state index < -0.39 is 0 Å². The third-order valence-electron chi connectivity index (χ3n) is 6.55. The summed E-state index contributed by atoms with van der Waals surface area (Å²) < 4.78 is 0. The van der Waals surface area contributed by atoms with Crippen LogP contribution in [0.3, 0.4) is 0 Å². The third-order valence-corrected chi connectivity index (χ3v) is 6.55. The minimum atomic E-state index is -0.186. The lowest BCUT2D eigenvalue weighted by Crippen LogP contribution is -2.59. The van der Waals surface area contributed by atoms with Crippen molar-refractivity contribution < 1.29 is 9.90 Å². The second-order valence-electron chi connectivity index (χ2n) is 9.07. The van der Waals surface area contributed by atoms with Crippen LogP contribution in [0.25, 0.3) is 0 Å². The Morgan fingerprint density at radius 1 is 1.27 bits per heavy atom. The Morgan fingerprint density at radius 2 is 1.96 bits per heavy atom. The van der Waals surface area contributed by atoms with E-state index in [1.165, 1.54) is 36.8 Å². The molecule has 2 aliphatic rings. The van der Waals surface area contributed by atoms with Gasteiger partial charge in [0.15, 0.2) is 0 Å². The highest BCUT2D eigenvalue weighted by atomic mass is 16.3. The number of amides is 1. The number of aliphatic hydroxyl groups excluding tert-OH is 1. The first kappa shape index (κ1) is 19.4. The minimum Gasteiger partial charge on any atom is -0.396 e. The number of likely N-dealkylation sites (tertiary alicyclic amines) is 1. The van der Waals surface area contributed by atoms with E-state index in [1.54, 1.807) is 0 Å². The molecule has 1 saturated heterocycles. The van der Waals surface area contributed by atoms with Crippen LogP contribution in [0.15, 0.2) is 24.3 Å². The zero-order valence-corrected chi connectivity index (χ0v) is 16.7. The maximum absolute atomic E-state index is 12.5.